The lowest BCUT2D eigenvalue weighted by Gasteiger charge is -2.28. The molecule has 1 aromatic rings. The molecule has 126 valence electrons. The molecule has 0 amide bonds. The van der Waals surface area contributed by atoms with Crippen molar-refractivity contribution in [2.24, 2.45) is 5.92 Å². The van der Waals surface area contributed by atoms with Crippen LogP contribution in [0.1, 0.15) is 43.7 Å². The Kier molecular flexibility index (Phi) is 6.58. The third-order valence-electron chi connectivity index (χ3n) is 4.20. The molecule has 0 spiro atoms. The molecule has 0 saturated heterocycles. The van der Waals surface area contributed by atoms with E-state index in [-0.39, 0.29) is 18.4 Å². The van der Waals surface area contributed by atoms with E-state index in [0.717, 1.165) is 6.42 Å². The molecule has 0 aromatic heterocycles. The molecule has 0 heterocycles. The van der Waals surface area contributed by atoms with Crippen molar-refractivity contribution in [2.75, 3.05) is 13.2 Å². The molecule has 5 nitrogen and oxygen atoms in total. The molecule has 6 heteroatoms. The summed E-state index contributed by atoms with van der Waals surface area (Å²) in [7, 11) is -3.42. The Morgan fingerprint density at radius 2 is 2.13 bits per heavy atom. The summed E-state index contributed by atoms with van der Waals surface area (Å²) >= 11 is 0. The summed E-state index contributed by atoms with van der Waals surface area (Å²) in [5, 5.41) is 8.85. The fourth-order valence-corrected chi connectivity index (χ4v) is 4.05. The highest BCUT2D eigenvalue weighted by molar-refractivity contribution is 7.88. The lowest BCUT2D eigenvalue weighted by atomic mass is 9.88. The van der Waals surface area contributed by atoms with Gasteiger partial charge in [0.05, 0.1) is 30.1 Å². The van der Waals surface area contributed by atoms with Crippen LogP contribution in [0.5, 0.6) is 0 Å². The second-order valence-corrected chi connectivity index (χ2v) is 7.94. The van der Waals surface area contributed by atoms with Crippen LogP contribution in [0.2, 0.25) is 0 Å². The Hall–Kier alpha value is -1.42. The maximum atomic E-state index is 12.1. The molecule has 23 heavy (non-hydrogen) atoms. The lowest BCUT2D eigenvalue weighted by Crippen LogP contribution is -2.32. The number of nitrogens with zero attached hydrogens (tertiary/aromatic N) is 1. The minimum atomic E-state index is -3.42. The first-order chi connectivity index (χ1) is 11.0. The fourth-order valence-electron chi connectivity index (χ4n) is 2.94. The van der Waals surface area contributed by atoms with Crippen LogP contribution in [-0.2, 0) is 20.5 Å². The van der Waals surface area contributed by atoms with Gasteiger partial charge >= 0.3 is 0 Å². The zero-order valence-corrected chi connectivity index (χ0v) is 14.3. The van der Waals surface area contributed by atoms with Gasteiger partial charge in [0.2, 0.25) is 10.0 Å². The smallest absolute Gasteiger partial charge is 0.215 e. The van der Waals surface area contributed by atoms with Gasteiger partial charge in [-0.1, -0.05) is 31.9 Å². The van der Waals surface area contributed by atoms with Gasteiger partial charge in [0.25, 0.3) is 0 Å². The van der Waals surface area contributed by atoms with Crippen molar-refractivity contribution in [2.45, 2.75) is 44.5 Å². The monoisotopic (exact) mass is 336 g/mol. The number of benzene rings is 1. The van der Waals surface area contributed by atoms with Gasteiger partial charge in [-0.25, -0.2) is 13.1 Å². The van der Waals surface area contributed by atoms with Crippen LogP contribution in [0.4, 0.5) is 0 Å². The van der Waals surface area contributed by atoms with Crippen molar-refractivity contribution in [3.8, 4) is 6.07 Å². The van der Waals surface area contributed by atoms with Crippen LogP contribution in [0.25, 0.3) is 0 Å². The molecule has 1 aliphatic carbocycles. The van der Waals surface area contributed by atoms with Gasteiger partial charge in [-0.3, -0.25) is 0 Å². The first-order valence-electron chi connectivity index (χ1n) is 8.08. The summed E-state index contributed by atoms with van der Waals surface area (Å²) in [6.07, 6.45) is 4.95. The van der Waals surface area contributed by atoms with Gasteiger partial charge in [0.15, 0.2) is 0 Å². The molecule has 1 aromatic carbocycles. The molecular formula is C17H24N2O3S. The average Bonchev–Trinajstić information content (AvgIpc) is 2.53. The number of sulfonamides is 1. The van der Waals surface area contributed by atoms with E-state index >= 15 is 0 Å². The number of nitrogens with one attached hydrogen (secondary N) is 1. The molecule has 1 aliphatic rings. The van der Waals surface area contributed by atoms with Crippen LogP contribution < -0.4 is 4.72 Å². The summed E-state index contributed by atoms with van der Waals surface area (Å²) in [5.74, 6) is 0.427. The van der Waals surface area contributed by atoms with E-state index in [4.69, 9.17) is 10.00 Å². The average molecular weight is 336 g/mol. The maximum Gasteiger partial charge on any atom is 0.215 e. The number of hydrogen-bond acceptors (Lipinski definition) is 4. The summed E-state index contributed by atoms with van der Waals surface area (Å²) in [6.45, 7) is 2.87. The van der Waals surface area contributed by atoms with E-state index in [0.29, 0.717) is 23.7 Å². The Labute approximate surface area is 138 Å². The van der Waals surface area contributed by atoms with E-state index in [1.54, 1.807) is 24.3 Å². The Bertz CT molecular complexity index is 652. The molecular weight excluding hydrogens is 312 g/mol. The van der Waals surface area contributed by atoms with Gasteiger partial charge < -0.3 is 4.74 Å². The van der Waals surface area contributed by atoms with Gasteiger partial charge in [-0.05, 0) is 36.5 Å². The van der Waals surface area contributed by atoms with Crippen molar-refractivity contribution in [3.63, 3.8) is 0 Å². The number of ether oxygens (including phenoxy) is 1. The van der Waals surface area contributed by atoms with Gasteiger partial charge in [0.1, 0.15) is 0 Å². The molecule has 1 N–H and O–H groups in total. The van der Waals surface area contributed by atoms with E-state index in [1.807, 2.05) is 6.07 Å². The molecule has 2 rings (SSSR count). The standard InChI is InChI=1S/C17H24N2O3S/c1-14-5-2-3-8-17(14)22-10-9-19-23(20,21)13-16-7-4-6-15(11-16)12-18/h4,6-7,11,14,17,19H,2-3,5,8-10,13H2,1H3/t14-,17+/m1/s1. The zero-order valence-electron chi connectivity index (χ0n) is 13.5. The molecule has 0 radical (unpaired) electrons. The highest BCUT2D eigenvalue weighted by Crippen LogP contribution is 2.25. The summed E-state index contributed by atoms with van der Waals surface area (Å²) < 4.78 is 32.5. The van der Waals surface area contributed by atoms with Crippen LogP contribution in [0, 0.1) is 17.2 Å². The Morgan fingerprint density at radius 3 is 2.87 bits per heavy atom. The number of hydrogen-bond donors (Lipinski definition) is 1. The SMILES string of the molecule is C[C@@H]1CCCC[C@@H]1OCCNS(=O)(=O)Cc1cccc(C#N)c1. The topological polar surface area (TPSA) is 79.2 Å². The second kappa shape index (κ2) is 8.44. The van der Waals surface area contributed by atoms with Crippen molar-refractivity contribution >= 4 is 10.0 Å². The quantitative estimate of drug-likeness (QED) is 0.776. The van der Waals surface area contributed by atoms with E-state index < -0.39 is 10.0 Å². The van der Waals surface area contributed by atoms with Gasteiger partial charge in [-0.2, -0.15) is 5.26 Å². The van der Waals surface area contributed by atoms with Crippen molar-refractivity contribution in [3.05, 3.63) is 35.4 Å². The predicted octanol–water partition coefficient (Wildman–Crippen LogP) is 2.57. The molecule has 1 saturated carbocycles. The maximum absolute atomic E-state index is 12.1. The lowest BCUT2D eigenvalue weighted by molar-refractivity contribution is -0.00177. The zero-order chi connectivity index (χ0) is 16.7. The highest BCUT2D eigenvalue weighted by Gasteiger charge is 2.21. The summed E-state index contributed by atoms with van der Waals surface area (Å²) in [4.78, 5) is 0. The highest BCUT2D eigenvalue weighted by atomic mass is 32.2. The summed E-state index contributed by atoms with van der Waals surface area (Å²) in [5.41, 5.74) is 1.07. The van der Waals surface area contributed by atoms with E-state index in [2.05, 4.69) is 11.6 Å². The van der Waals surface area contributed by atoms with Gasteiger partial charge in [-0.15, -0.1) is 0 Å². The Balaban J connectivity index is 1.76. The van der Waals surface area contributed by atoms with Gasteiger partial charge in [0, 0.05) is 6.54 Å². The third kappa shape index (κ3) is 5.94. The largest absolute Gasteiger partial charge is 0.377 e. The summed E-state index contributed by atoms with van der Waals surface area (Å²) in [6, 6.07) is 8.66. The molecule has 1 fully saturated rings. The van der Waals surface area contributed by atoms with Crippen molar-refractivity contribution in [1.29, 1.82) is 5.26 Å². The third-order valence-corrected chi connectivity index (χ3v) is 5.56. The van der Waals surface area contributed by atoms with Crippen LogP contribution in [-0.4, -0.2) is 27.7 Å². The predicted molar refractivity (Wildman–Crippen MR) is 89.2 cm³/mol. The van der Waals surface area contributed by atoms with Crippen LogP contribution in [0.3, 0.4) is 0 Å². The minimum absolute atomic E-state index is 0.123. The van der Waals surface area contributed by atoms with E-state index in [9.17, 15) is 8.42 Å². The molecule has 0 bridgehead atoms. The van der Waals surface area contributed by atoms with Crippen LogP contribution >= 0.6 is 0 Å². The first kappa shape index (κ1) is 17.9. The van der Waals surface area contributed by atoms with Crippen LogP contribution in [0.15, 0.2) is 24.3 Å². The number of rotatable bonds is 7. The van der Waals surface area contributed by atoms with Crippen molar-refractivity contribution in [1.82, 2.24) is 4.72 Å². The second-order valence-electron chi connectivity index (χ2n) is 6.14. The Morgan fingerprint density at radius 1 is 1.35 bits per heavy atom. The minimum Gasteiger partial charge on any atom is -0.377 e. The molecule has 0 unspecified atom stereocenters. The molecule has 0 aliphatic heterocycles. The normalized spacial score (nSPS) is 21.7. The molecule has 2 atom stereocenters. The fraction of sp³-hybridized carbons (Fsp3) is 0.588. The van der Waals surface area contributed by atoms with Crippen molar-refractivity contribution < 1.29 is 13.2 Å². The van der Waals surface area contributed by atoms with E-state index in [1.165, 1.54) is 19.3 Å². The number of nitriles is 1. The first-order valence-corrected chi connectivity index (χ1v) is 9.73.